The van der Waals surface area contributed by atoms with Crippen molar-refractivity contribution in [3.05, 3.63) is 179 Å². The third-order valence-corrected chi connectivity index (χ3v) is 10.4. The van der Waals surface area contributed by atoms with Crippen molar-refractivity contribution in [1.29, 1.82) is 0 Å². The first kappa shape index (κ1) is 43.8. The van der Waals surface area contributed by atoms with Crippen LogP contribution < -0.4 is 0 Å². The largest absolute Gasteiger partial charge is 0.459 e. The van der Waals surface area contributed by atoms with Crippen LogP contribution in [0.5, 0.6) is 0 Å². The van der Waals surface area contributed by atoms with E-state index in [0.717, 1.165) is 16.7 Å². The molecule has 5 aromatic rings. The van der Waals surface area contributed by atoms with Crippen LogP contribution in [-0.4, -0.2) is 104 Å². The second-order valence-corrected chi connectivity index (χ2v) is 14.6. The molecule has 2 fully saturated rings. The minimum atomic E-state index is -1.76. The molecule has 61 heavy (non-hydrogen) atoms. The number of carbonyl (C=O) groups is 2. The summed E-state index contributed by atoms with van der Waals surface area (Å²) in [6.45, 7) is 0.0330. The highest BCUT2D eigenvalue weighted by atomic mass is 16.8. The summed E-state index contributed by atoms with van der Waals surface area (Å²) >= 11 is 0. The van der Waals surface area contributed by atoms with Gasteiger partial charge < -0.3 is 52.8 Å². The lowest BCUT2D eigenvalue weighted by molar-refractivity contribution is -0.366. The van der Waals surface area contributed by atoms with Crippen molar-refractivity contribution in [3.8, 4) is 0 Å². The van der Waals surface area contributed by atoms with Crippen LogP contribution in [0.15, 0.2) is 152 Å². The van der Waals surface area contributed by atoms with E-state index in [1.165, 1.54) is 7.11 Å². The van der Waals surface area contributed by atoms with Crippen molar-refractivity contribution in [2.45, 2.75) is 81.2 Å². The molecule has 0 saturated carbocycles. The Hall–Kier alpha value is -5.32. The highest BCUT2D eigenvalue weighted by Gasteiger charge is 2.54. The van der Waals surface area contributed by atoms with Crippen LogP contribution in [0.1, 0.15) is 37.4 Å². The van der Waals surface area contributed by atoms with Crippen LogP contribution in [0, 0.1) is 0 Å². The molecule has 2 N–H and O–H groups in total. The number of aliphatic hydroxyl groups is 2. The maximum atomic E-state index is 13.6. The van der Waals surface area contributed by atoms with E-state index in [1.807, 2.05) is 91.0 Å². The van der Waals surface area contributed by atoms with E-state index in [2.05, 4.69) is 0 Å². The molecule has 0 aliphatic carbocycles. The van der Waals surface area contributed by atoms with Crippen molar-refractivity contribution in [2.24, 2.45) is 0 Å². The van der Waals surface area contributed by atoms with Gasteiger partial charge in [-0.1, -0.05) is 127 Å². The Morgan fingerprint density at radius 3 is 1.52 bits per heavy atom. The maximum absolute atomic E-state index is 13.6. The average Bonchev–Trinajstić information content (AvgIpc) is 3.31. The molecule has 2 aliphatic heterocycles. The van der Waals surface area contributed by atoms with Gasteiger partial charge >= 0.3 is 11.9 Å². The Balaban J connectivity index is 1.22. The van der Waals surface area contributed by atoms with Gasteiger partial charge in [-0.15, -0.1) is 0 Å². The summed E-state index contributed by atoms with van der Waals surface area (Å²) in [4.78, 5) is 26.6. The van der Waals surface area contributed by atoms with Gasteiger partial charge in [0.15, 0.2) is 18.7 Å². The molecule has 5 aromatic carbocycles. The summed E-state index contributed by atoms with van der Waals surface area (Å²) in [5.74, 6) is -1.47. The fourth-order valence-corrected chi connectivity index (χ4v) is 7.15. The van der Waals surface area contributed by atoms with Crippen molar-refractivity contribution in [1.82, 2.24) is 0 Å². The average molecular weight is 835 g/mol. The molecule has 0 unspecified atom stereocenters. The van der Waals surface area contributed by atoms with Crippen LogP contribution >= 0.6 is 0 Å². The first-order valence-electron chi connectivity index (χ1n) is 20.1. The lowest BCUT2D eigenvalue weighted by Crippen LogP contribution is -2.66. The number of aliphatic hydroxyl groups excluding tert-OH is 2. The van der Waals surface area contributed by atoms with Gasteiger partial charge in [-0.05, 0) is 41.0 Å². The Morgan fingerprint density at radius 1 is 0.508 bits per heavy atom. The smallest absolute Gasteiger partial charge is 0.338 e. The van der Waals surface area contributed by atoms with E-state index in [0.29, 0.717) is 0 Å². The van der Waals surface area contributed by atoms with Crippen LogP contribution in [0.25, 0.3) is 0 Å². The predicted molar refractivity (Wildman–Crippen MR) is 220 cm³/mol. The summed E-state index contributed by atoms with van der Waals surface area (Å²) in [5.41, 5.74) is 3.15. The molecule has 13 heteroatoms. The number of rotatable bonds is 18. The fraction of sp³-hybridized carbons (Fsp3) is 0.333. The number of hydrogen-bond acceptors (Lipinski definition) is 13. The summed E-state index contributed by atoms with van der Waals surface area (Å²) in [5, 5.41) is 23.1. The monoisotopic (exact) mass is 834 g/mol. The molecule has 2 aliphatic rings. The SMILES string of the molecule is CO[C@H]1O[C@H](COCc2ccccc2)[C@@H](O[C@@H]2O[C@H](COC(=O)c3ccccc3)[C@H](O)[C@H](O)[C@H]2OC(=O)c2ccccc2)[C@H](OCc2ccccc2)[C@H]1OCc1ccccc1. The van der Waals surface area contributed by atoms with E-state index >= 15 is 0 Å². The molecule has 2 saturated heterocycles. The number of hydrogen-bond donors (Lipinski definition) is 2. The molecule has 0 amide bonds. The highest BCUT2D eigenvalue weighted by molar-refractivity contribution is 5.89. The number of carbonyl (C=O) groups excluding carboxylic acids is 2. The van der Waals surface area contributed by atoms with E-state index in [1.54, 1.807) is 60.7 Å². The third-order valence-electron chi connectivity index (χ3n) is 10.4. The number of esters is 2. The van der Waals surface area contributed by atoms with E-state index in [4.69, 9.17) is 42.6 Å². The van der Waals surface area contributed by atoms with Crippen LogP contribution in [0.2, 0.25) is 0 Å². The van der Waals surface area contributed by atoms with Crippen LogP contribution in [0.4, 0.5) is 0 Å². The van der Waals surface area contributed by atoms with E-state index < -0.39 is 80.0 Å². The standard InChI is InChI=1S/C48H50O13/c1-53-47-44(56-29-34-21-11-4-12-22-34)43(55-28-33-19-9-3-10-20-33)41(38(59-47)30-54-27-32-17-7-2-8-18-32)61-48-42(60-46(52)36-25-15-6-16-26-36)40(50)39(49)37(58-48)31-57-45(51)35-23-13-5-14-24-35/h2-26,37-44,47-50H,27-31H2,1H3/t37-,38-,39+,40+,41-,42-,43+,44-,47+,48+/m1/s1. The second-order valence-electron chi connectivity index (χ2n) is 14.6. The number of ether oxygens (including phenoxy) is 9. The fourth-order valence-electron chi connectivity index (χ4n) is 7.15. The molecule has 2 heterocycles. The zero-order valence-electron chi connectivity index (χ0n) is 33.6. The molecular weight excluding hydrogens is 785 g/mol. The van der Waals surface area contributed by atoms with Crippen LogP contribution in [0.3, 0.4) is 0 Å². The van der Waals surface area contributed by atoms with Crippen molar-refractivity contribution in [3.63, 3.8) is 0 Å². The minimum Gasteiger partial charge on any atom is -0.459 e. The first-order valence-corrected chi connectivity index (χ1v) is 20.1. The quantitative estimate of drug-likeness (QED) is 0.104. The van der Waals surface area contributed by atoms with Gasteiger partial charge in [0.2, 0.25) is 0 Å². The molecular formula is C48H50O13. The number of benzene rings is 5. The van der Waals surface area contributed by atoms with Crippen molar-refractivity contribution < 1.29 is 62.4 Å². The zero-order chi connectivity index (χ0) is 42.4. The zero-order valence-corrected chi connectivity index (χ0v) is 33.6. The summed E-state index contributed by atoms with van der Waals surface area (Å²) in [6, 6.07) is 45.2. The Bertz CT molecular complexity index is 2060. The van der Waals surface area contributed by atoms with Gasteiger partial charge in [0.25, 0.3) is 0 Å². The molecule has 0 bridgehead atoms. The molecule has 0 spiro atoms. The van der Waals surface area contributed by atoms with Gasteiger partial charge in [-0.2, -0.15) is 0 Å². The molecule has 320 valence electrons. The first-order chi connectivity index (χ1) is 29.9. The maximum Gasteiger partial charge on any atom is 0.338 e. The van der Waals surface area contributed by atoms with Gasteiger partial charge in [-0.3, -0.25) is 0 Å². The van der Waals surface area contributed by atoms with Gasteiger partial charge in [0, 0.05) is 7.11 Å². The normalized spacial score (nSPS) is 26.3. The van der Waals surface area contributed by atoms with Crippen LogP contribution in [-0.2, 0) is 62.5 Å². The summed E-state index contributed by atoms with van der Waals surface area (Å²) in [7, 11) is 1.50. The van der Waals surface area contributed by atoms with Crippen molar-refractivity contribution >= 4 is 11.9 Å². The lowest BCUT2D eigenvalue weighted by Gasteiger charge is -2.48. The Labute approximate surface area is 354 Å². The minimum absolute atomic E-state index is 0.0273. The Morgan fingerprint density at radius 2 is 0.984 bits per heavy atom. The highest BCUT2D eigenvalue weighted by Crippen LogP contribution is 2.35. The summed E-state index contributed by atoms with van der Waals surface area (Å²) in [6.07, 6.45) is -12.8. The molecule has 0 aromatic heterocycles. The molecule has 0 radical (unpaired) electrons. The second kappa shape index (κ2) is 22.0. The molecule has 7 rings (SSSR count). The Kier molecular flexibility index (Phi) is 15.8. The summed E-state index contributed by atoms with van der Waals surface area (Å²) < 4.78 is 56.6. The van der Waals surface area contributed by atoms with Gasteiger partial charge in [-0.25, -0.2) is 9.59 Å². The van der Waals surface area contributed by atoms with E-state index in [9.17, 15) is 19.8 Å². The van der Waals surface area contributed by atoms with E-state index in [-0.39, 0.29) is 37.6 Å². The topological polar surface area (TPSA) is 158 Å². The van der Waals surface area contributed by atoms with Gasteiger partial charge in [0.1, 0.15) is 49.3 Å². The molecule has 13 nitrogen and oxygen atoms in total. The number of methoxy groups -OCH3 is 1. The predicted octanol–water partition coefficient (Wildman–Crippen LogP) is 5.66. The molecule has 10 atom stereocenters. The van der Waals surface area contributed by atoms with Gasteiger partial charge in [0.05, 0.1) is 37.6 Å². The lowest BCUT2D eigenvalue weighted by atomic mass is 9.96. The van der Waals surface area contributed by atoms with Crippen molar-refractivity contribution in [2.75, 3.05) is 20.3 Å². The third kappa shape index (κ3) is 11.7.